The summed E-state index contributed by atoms with van der Waals surface area (Å²) >= 11 is 0. The van der Waals surface area contributed by atoms with Gasteiger partial charge >= 0.3 is 0 Å². The highest BCUT2D eigenvalue weighted by atomic mass is 16.6. The second-order valence-corrected chi connectivity index (χ2v) is 6.13. The zero-order valence-corrected chi connectivity index (χ0v) is 14.8. The number of anilines is 2. The van der Waals surface area contributed by atoms with Gasteiger partial charge in [0.1, 0.15) is 22.6 Å². The third kappa shape index (κ3) is 2.86. The Hall–Kier alpha value is -4.07. The Morgan fingerprint density at radius 1 is 1.07 bits per heavy atom. The number of rotatable bonds is 5. The van der Waals surface area contributed by atoms with Crippen molar-refractivity contribution >= 4 is 44.9 Å². The number of nitro benzene ring substituents is 1. The van der Waals surface area contributed by atoms with E-state index in [-0.39, 0.29) is 16.9 Å². The van der Waals surface area contributed by atoms with Crippen LogP contribution in [0, 0.1) is 10.1 Å². The largest absolute Gasteiger partial charge is 0.495 e. The summed E-state index contributed by atoms with van der Waals surface area (Å²) in [6.07, 6.45) is 0. The van der Waals surface area contributed by atoms with Crippen molar-refractivity contribution in [1.29, 1.82) is 0 Å². The maximum absolute atomic E-state index is 11.4. The molecule has 4 rings (SSSR count). The van der Waals surface area contributed by atoms with E-state index in [1.165, 1.54) is 19.2 Å². The molecule has 0 unspecified atom stereocenters. The maximum Gasteiger partial charge on any atom is 0.293 e. The average Bonchev–Trinajstić information content (AvgIpc) is 3.04. The molecule has 1 amide bonds. The van der Waals surface area contributed by atoms with Gasteiger partial charge in [-0.25, -0.2) is 0 Å². The Morgan fingerprint density at radius 3 is 2.57 bits per heavy atom. The Labute approximate surface area is 158 Å². The molecule has 0 bridgehead atoms. The van der Waals surface area contributed by atoms with Crippen LogP contribution in [0.25, 0.3) is 21.9 Å². The fourth-order valence-electron chi connectivity index (χ4n) is 3.10. The van der Waals surface area contributed by atoms with Crippen LogP contribution < -0.4 is 15.8 Å². The number of carbonyl (C=O) groups excluding carboxylic acids is 1. The summed E-state index contributed by atoms with van der Waals surface area (Å²) in [6, 6.07) is 15.1. The number of primary amides is 1. The third-order valence-electron chi connectivity index (χ3n) is 4.45. The first kappa shape index (κ1) is 17.3. The van der Waals surface area contributed by atoms with Gasteiger partial charge < -0.3 is 20.2 Å². The molecule has 3 N–H and O–H groups in total. The number of hydrogen-bond donors (Lipinski definition) is 2. The topological polar surface area (TPSA) is 121 Å². The molecular weight excluding hydrogens is 362 g/mol. The fraction of sp³-hybridized carbons (Fsp3) is 0.0500. The van der Waals surface area contributed by atoms with E-state index in [1.54, 1.807) is 6.07 Å². The first-order valence-electron chi connectivity index (χ1n) is 8.32. The lowest BCUT2D eigenvalue weighted by molar-refractivity contribution is -0.383. The second-order valence-electron chi connectivity index (χ2n) is 6.13. The van der Waals surface area contributed by atoms with Crippen LogP contribution in [0.15, 0.2) is 59.0 Å². The summed E-state index contributed by atoms with van der Waals surface area (Å²) in [6.45, 7) is 0. The van der Waals surface area contributed by atoms with Gasteiger partial charge in [-0.2, -0.15) is 0 Å². The summed E-state index contributed by atoms with van der Waals surface area (Å²) in [5, 5.41) is 16.2. The summed E-state index contributed by atoms with van der Waals surface area (Å²) in [5.41, 5.74) is 7.02. The Morgan fingerprint density at radius 2 is 1.86 bits per heavy atom. The van der Waals surface area contributed by atoms with Gasteiger partial charge in [-0.05, 0) is 24.3 Å². The van der Waals surface area contributed by atoms with E-state index < -0.39 is 10.8 Å². The maximum atomic E-state index is 11.4. The Bertz CT molecular complexity index is 1250. The molecule has 140 valence electrons. The number of nitrogens with two attached hydrogens (primary N) is 1. The molecule has 1 heterocycles. The molecule has 0 spiro atoms. The first-order chi connectivity index (χ1) is 13.5. The molecule has 28 heavy (non-hydrogen) atoms. The van der Waals surface area contributed by atoms with Crippen molar-refractivity contribution in [2.45, 2.75) is 0 Å². The average molecular weight is 377 g/mol. The van der Waals surface area contributed by atoms with Crippen LogP contribution >= 0.6 is 0 Å². The van der Waals surface area contributed by atoms with Crippen LogP contribution in [-0.4, -0.2) is 17.9 Å². The van der Waals surface area contributed by atoms with Crippen LogP contribution in [-0.2, 0) is 0 Å². The molecule has 0 aliphatic rings. The number of hydrogen-bond acceptors (Lipinski definition) is 6. The second kappa shape index (κ2) is 6.58. The van der Waals surface area contributed by atoms with Crippen LogP contribution in [0.1, 0.15) is 10.4 Å². The molecule has 0 saturated heterocycles. The minimum atomic E-state index is -0.740. The summed E-state index contributed by atoms with van der Waals surface area (Å²) < 4.78 is 11.3. The number of nitro groups is 1. The SMILES string of the molecule is COc1cc2c(cc1Nc1ccc(C(N)=O)cc1[N+](=O)[O-])oc1ccccc12. The van der Waals surface area contributed by atoms with Gasteiger partial charge in [0.05, 0.1) is 17.7 Å². The highest BCUT2D eigenvalue weighted by molar-refractivity contribution is 6.07. The predicted octanol–water partition coefficient (Wildman–Crippen LogP) is 4.35. The quantitative estimate of drug-likeness (QED) is 0.394. The number of furan rings is 1. The van der Waals surface area contributed by atoms with Crippen molar-refractivity contribution in [3.63, 3.8) is 0 Å². The number of nitrogens with one attached hydrogen (secondary N) is 1. The lowest BCUT2D eigenvalue weighted by Crippen LogP contribution is -2.11. The van der Waals surface area contributed by atoms with Crippen LogP contribution in [0.5, 0.6) is 5.75 Å². The molecule has 0 aliphatic carbocycles. The normalized spacial score (nSPS) is 10.9. The van der Waals surface area contributed by atoms with Crippen molar-refractivity contribution in [1.82, 2.24) is 0 Å². The number of nitrogens with zero attached hydrogens (tertiary/aromatic N) is 1. The van der Waals surface area contributed by atoms with Gasteiger partial charge in [0, 0.05) is 28.5 Å². The molecule has 3 aromatic carbocycles. The minimum absolute atomic E-state index is 0.0527. The van der Waals surface area contributed by atoms with Gasteiger partial charge in [0.15, 0.2) is 0 Å². The van der Waals surface area contributed by atoms with Crippen molar-refractivity contribution in [3.8, 4) is 5.75 Å². The van der Waals surface area contributed by atoms with Gasteiger partial charge in [-0.3, -0.25) is 14.9 Å². The number of methoxy groups -OCH3 is 1. The van der Waals surface area contributed by atoms with E-state index in [1.807, 2.05) is 30.3 Å². The van der Waals surface area contributed by atoms with E-state index in [2.05, 4.69) is 5.32 Å². The van der Waals surface area contributed by atoms with Crippen LogP contribution in [0.2, 0.25) is 0 Å². The lowest BCUT2D eigenvalue weighted by atomic mass is 10.1. The molecular formula is C20H15N3O5. The summed E-state index contributed by atoms with van der Waals surface area (Å²) in [7, 11) is 1.51. The van der Waals surface area contributed by atoms with Gasteiger partial charge in [-0.15, -0.1) is 0 Å². The lowest BCUT2D eigenvalue weighted by Gasteiger charge is -2.12. The Balaban J connectivity index is 1.84. The molecule has 0 fully saturated rings. The fourth-order valence-corrected chi connectivity index (χ4v) is 3.10. The first-order valence-corrected chi connectivity index (χ1v) is 8.32. The zero-order valence-electron chi connectivity index (χ0n) is 14.8. The van der Waals surface area contributed by atoms with E-state index in [9.17, 15) is 14.9 Å². The highest BCUT2D eigenvalue weighted by Crippen LogP contribution is 2.39. The molecule has 8 nitrogen and oxygen atoms in total. The number of amides is 1. The molecule has 0 saturated carbocycles. The van der Waals surface area contributed by atoms with E-state index in [0.29, 0.717) is 17.0 Å². The molecule has 0 radical (unpaired) electrons. The monoisotopic (exact) mass is 377 g/mol. The van der Waals surface area contributed by atoms with Crippen LogP contribution in [0.4, 0.5) is 17.1 Å². The van der Waals surface area contributed by atoms with Crippen molar-refractivity contribution < 1.29 is 18.9 Å². The molecule has 4 aromatic rings. The van der Waals surface area contributed by atoms with E-state index >= 15 is 0 Å². The van der Waals surface area contributed by atoms with E-state index in [0.717, 1.165) is 22.4 Å². The van der Waals surface area contributed by atoms with Crippen molar-refractivity contribution in [2.75, 3.05) is 12.4 Å². The van der Waals surface area contributed by atoms with Crippen molar-refractivity contribution in [2.24, 2.45) is 5.73 Å². The number of benzene rings is 3. The molecule has 8 heteroatoms. The van der Waals surface area contributed by atoms with E-state index in [4.69, 9.17) is 14.9 Å². The third-order valence-corrected chi connectivity index (χ3v) is 4.45. The molecule has 1 aromatic heterocycles. The standard InChI is InChI=1S/C20H15N3O5/c1-27-19-9-13-12-4-2-3-5-17(12)28-18(13)10-15(19)22-14-7-6-11(20(21)24)8-16(14)23(25)26/h2-10,22H,1H3,(H2,21,24). The molecule has 0 atom stereocenters. The van der Waals surface area contributed by atoms with Gasteiger partial charge in [0.25, 0.3) is 5.69 Å². The number of ether oxygens (including phenoxy) is 1. The number of para-hydroxylation sites is 1. The number of carbonyl (C=O) groups is 1. The highest BCUT2D eigenvalue weighted by Gasteiger charge is 2.19. The summed E-state index contributed by atoms with van der Waals surface area (Å²) in [4.78, 5) is 22.2. The van der Waals surface area contributed by atoms with Gasteiger partial charge in [0.2, 0.25) is 5.91 Å². The van der Waals surface area contributed by atoms with Crippen LogP contribution in [0.3, 0.4) is 0 Å². The number of fused-ring (bicyclic) bond motifs is 3. The van der Waals surface area contributed by atoms with Crippen molar-refractivity contribution in [3.05, 3.63) is 70.3 Å². The summed E-state index contributed by atoms with van der Waals surface area (Å²) in [5.74, 6) is -0.247. The molecule has 0 aliphatic heterocycles. The predicted molar refractivity (Wildman–Crippen MR) is 105 cm³/mol. The smallest absolute Gasteiger partial charge is 0.293 e. The van der Waals surface area contributed by atoms with Gasteiger partial charge in [-0.1, -0.05) is 18.2 Å². The Kier molecular flexibility index (Phi) is 4.08. The zero-order chi connectivity index (χ0) is 19.8. The minimum Gasteiger partial charge on any atom is -0.495 e.